The van der Waals surface area contributed by atoms with Crippen LogP contribution in [0.3, 0.4) is 0 Å². The lowest BCUT2D eigenvalue weighted by Gasteiger charge is -2.10. The number of carbonyl (C=O) groups excluding carboxylic acids is 2. The first-order valence-corrected chi connectivity index (χ1v) is 5.84. The first kappa shape index (κ1) is 14.0. The van der Waals surface area contributed by atoms with E-state index in [4.69, 9.17) is 5.73 Å². The number of rotatable bonds is 4. The number of anilines is 1. The number of nitrogens with two attached hydrogens (primary N) is 1. The number of amides is 2. The SMILES string of the molecule is Cc1ccc(N)c(C(=O)NCC(=O)NC(C)C)c1. The summed E-state index contributed by atoms with van der Waals surface area (Å²) in [6, 6.07) is 5.26. The number of nitrogen functional groups attached to an aromatic ring is 1. The molecule has 18 heavy (non-hydrogen) atoms. The minimum atomic E-state index is -0.338. The van der Waals surface area contributed by atoms with Crippen LogP contribution in [0.5, 0.6) is 0 Å². The molecule has 0 aliphatic rings. The molecule has 0 aliphatic carbocycles. The van der Waals surface area contributed by atoms with E-state index in [1.165, 1.54) is 0 Å². The summed E-state index contributed by atoms with van der Waals surface area (Å²) >= 11 is 0. The summed E-state index contributed by atoms with van der Waals surface area (Å²) in [4.78, 5) is 23.2. The molecule has 0 heterocycles. The molecule has 5 nitrogen and oxygen atoms in total. The van der Waals surface area contributed by atoms with Gasteiger partial charge in [0.05, 0.1) is 12.1 Å². The molecule has 0 aromatic heterocycles. The highest BCUT2D eigenvalue weighted by atomic mass is 16.2. The van der Waals surface area contributed by atoms with Crippen LogP contribution in [-0.2, 0) is 4.79 Å². The van der Waals surface area contributed by atoms with E-state index < -0.39 is 0 Å². The second kappa shape index (κ2) is 6.05. The number of nitrogens with one attached hydrogen (secondary N) is 2. The number of carbonyl (C=O) groups is 2. The molecule has 4 N–H and O–H groups in total. The van der Waals surface area contributed by atoms with Gasteiger partial charge < -0.3 is 16.4 Å². The van der Waals surface area contributed by atoms with E-state index in [1.807, 2.05) is 26.8 Å². The quantitative estimate of drug-likeness (QED) is 0.691. The number of benzene rings is 1. The Morgan fingerprint density at radius 3 is 2.61 bits per heavy atom. The van der Waals surface area contributed by atoms with Gasteiger partial charge in [0.25, 0.3) is 5.91 Å². The van der Waals surface area contributed by atoms with Gasteiger partial charge in [-0.05, 0) is 32.9 Å². The van der Waals surface area contributed by atoms with Crippen molar-refractivity contribution in [2.24, 2.45) is 0 Å². The van der Waals surface area contributed by atoms with Crippen LogP contribution in [0.15, 0.2) is 18.2 Å². The molecule has 0 unspecified atom stereocenters. The summed E-state index contributed by atoms with van der Waals surface area (Å²) in [7, 11) is 0. The Labute approximate surface area is 107 Å². The van der Waals surface area contributed by atoms with Gasteiger partial charge in [-0.1, -0.05) is 11.6 Å². The van der Waals surface area contributed by atoms with Crippen molar-refractivity contribution in [2.45, 2.75) is 26.8 Å². The van der Waals surface area contributed by atoms with Gasteiger partial charge in [0, 0.05) is 11.7 Å². The Morgan fingerprint density at radius 1 is 1.33 bits per heavy atom. The van der Waals surface area contributed by atoms with Crippen molar-refractivity contribution >= 4 is 17.5 Å². The van der Waals surface area contributed by atoms with E-state index in [0.717, 1.165) is 5.56 Å². The molecule has 0 fully saturated rings. The van der Waals surface area contributed by atoms with Gasteiger partial charge in [-0.15, -0.1) is 0 Å². The molecule has 1 aromatic rings. The standard InChI is InChI=1S/C13H19N3O2/c1-8(2)16-12(17)7-15-13(18)10-6-9(3)4-5-11(10)14/h4-6,8H,7,14H2,1-3H3,(H,15,18)(H,16,17). The van der Waals surface area contributed by atoms with Gasteiger partial charge >= 0.3 is 0 Å². The predicted molar refractivity (Wildman–Crippen MR) is 71.2 cm³/mol. The van der Waals surface area contributed by atoms with Crippen molar-refractivity contribution in [3.05, 3.63) is 29.3 Å². The van der Waals surface area contributed by atoms with E-state index >= 15 is 0 Å². The maximum atomic E-state index is 11.8. The fraction of sp³-hybridized carbons (Fsp3) is 0.385. The zero-order valence-corrected chi connectivity index (χ0v) is 10.9. The van der Waals surface area contributed by atoms with E-state index in [-0.39, 0.29) is 24.4 Å². The van der Waals surface area contributed by atoms with Crippen LogP contribution >= 0.6 is 0 Å². The van der Waals surface area contributed by atoms with Crippen LogP contribution in [0.4, 0.5) is 5.69 Å². The summed E-state index contributed by atoms with van der Waals surface area (Å²) in [5.74, 6) is -0.556. The molecule has 5 heteroatoms. The number of hydrogen-bond acceptors (Lipinski definition) is 3. The summed E-state index contributed by atoms with van der Waals surface area (Å²) in [5, 5.41) is 5.23. The van der Waals surface area contributed by atoms with Crippen LogP contribution in [0.1, 0.15) is 29.8 Å². The van der Waals surface area contributed by atoms with E-state index in [2.05, 4.69) is 10.6 Å². The normalized spacial score (nSPS) is 10.2. The Balaban J connectivity index is 2.60. The Hall–Kier alpha value is -2.04. The molecule has 0 spiro atoms. The third-order valence-corrected chi connectivity index (χ3v) is 2.31. The summed E-state index contributed by atoms with van der Waals surface area (Å²) < 4.78 is 0. The van der Waals surface area contributed by atoms with E-state index in [9.17, 15) is 9.59 Å². The van der Waals surface area contributed by atoms with Crippen LogP contribution in [0.2, 0.25) is 0 Å². The zero-order valence-electron chi connectivity index (χ0n) is 10.9. The minimum absolute atomic E-state index is 0.0512. The van der Waals surface area contributed by atoms with Crippen molar-refractivity contribution in [1.82, 2.24) is 10.6 Å². The minimum Gasteiger partial charge on any atom is -0.398 e. The molecule has 0 radical (unpaired) electrons. The molecular weight excluding hydrogens is 230 g/mol. The van der Waals surface area contributed by atoms with Crippen LogP contribution in [-0.4, -0.2) is 24.4 Å². The van der Waals surface area contributed by atoms with Crippen molar-refractivity contribution in [2.75, 3.05) is 12.3 Å². The highest BCUT2D eigenvalue weighted by Gasteiger charge is 2.11. The largest absolute Gasteiger partial charge is 0.398 e. The van der Waals surface area contributed by atoms with E-state index in [1.54, 1.807) is 12.1 Å². The van der Waals surface area contributed by atoms with Gasteiger partial charge in [0.1, 0.15) is 0 Å². The third kappa shape index (κ3) is 4.08. The lowest BCUT2D eigenvalue weighted by Crippen LogP contribution is -2.39. The topological polar surface area (TPSA) is 84.2 Å². The second-order valence-corrected chi connectivity index (χ2v) is 4.50. The highest BCUT2D eigenvalue weighted by Crippen LogP contribution is 2.13. The zero-order chi connectivity index (χ0) is 13.7. The van der Waals surface area contributed by atoms with Crippen molar-refractivity contribution in [3.8, 4) is 0 Å². The predicted octanol–water partition coefficient (Wildman–Crippen LogP) is 0.832. The molecule has 98 valence electrons. The van der Waals surface area contributed by atoms with Gasteiger partial charge in [-0.2, -0.15) is 0 Å². The highest BCUT2D eigenvalue weighted by molar-refractivity contribution is 6.00. The summed E-state index contributed by atoms with van der Waals surface area (Å²) in [5.41, 5.74) is 7.46. The fourth-order valence-electron chi connectivity index (χ4n) is 1.50. The fourth-order valence-corrected chi connectivity index (χ4v) is 1.50. The molecule has 0 atom stereocenters. The smallest absolute Gasteiger partial charge is 0.253 e. The first-order chi connectivity index (χ1) is 8.40. The van der Waals surface area contributed by atoms with E-state index in [0.29, 0.717) is 11.3 Å². The van der Waals surface area contributed by atoms with Crippen molar-refractivity contribution < 1.29 is 9.59 Å². The monoisotopic (exact) mass is 249 g/mol. The molecule has 1 aromatic carbocycles. The van der Waals surface area contributed by atoms with Crippen LogP contribution in [0, 0.1) is 6.92 Å². The molecular formula is C13H19N3O2. The van der Waals surface area contributed by atoms with Crippen molar-refractivity contribution in [3.63, 3.8) is 0 Å². The molecule has 0 saturated heterocycles. The van der Waals surface area contributed by atoms with Gasteiger partial charge in [-0.3, -0.25) is 9.59 Å². The Kier molecular flexibility index (Phi) is 4.71. The maximum Gasteiger partial charge on any atom is 0.253 e. The first-order valence-electron chi connectivity index (χ1n) is 5.84. The molecule has 0 saturated carbocycles. The third-order valence-electron chi connectivity index (χ3n) is 2.31. The Bertz CT molecular complexity index is 456. The molecule has 2 amide bonds. The lowest BCUT2D eigenvalue weighted by molar-refractivity contribution is -0.120. The molecule has 0 bridgehead atoms. The summed E-state index contributed by atoms with van der Waals surface area (Å²) in [6.45, 7) is 5.54. The van der Waals surface area contributed by atoms with Crippen molar-refractivity contribution in [1.29, 1.82) is 0 Å². The molecule has 0 aliphatic heterocycles. The van der Waals surface area contributed by atoms with Gasteiger partial charge in [0.15, 0.2) is 0 Å². The van der Waals surface area contributed by atoms with Gasteiger partial charge in [0.2, 0.25) is 5.91 Å². The average Bonchev–Trinajstić information content (AvgIpc) is 2.28. The maximum absolute atomic E-state index is 11.8. The summed E-state index contributed by atoms with van der Waals surface area (Å²) in [6.07, 6.45) is 0. The lowest BCUT2D eigenvalue weighted by atomic mass is 10.1. The van der Waals surface area contributed by atoms with Gasteiger partial charge in [-0.25, -0.2) is 0 Å². The van der Waals surface area contributed by atoms with Crippen LogP contribution < -0.4 is 16.4 Å². The number of hydrogen-bond donors (Lipinski definition) is 3. The molecule has 1 rings (SSSR count). The Morgan fingerprint density at radius 2 is 2.00 bits per heavy atom. The van der Waals surface area contributed by atoms with Crippen LogP contribution in [0.25, 0.3) is 0 Å². The average molecular weight is 249 g/mol. The number of aryl methyl sites for hydroxylation is 1. The second-order valence-electron chi connectivity index (χ2n) is 4.50.